The number of alkyl carbamates (subject to hydrolysis) is 1. The lowest BCUT2D eigenvalue weighted by Crippen LogP contribution is -2.44. The number of hydrogen-bond acceptors (Lipinski definition) is 5. The van der Waals surface area contributed by atoms with E-state index in [9.17, 15) is 18.4 Å². The van der Waals surface area contributed by atoms with Crippen LogP contribution in [-0.2, 0) is 14.3 Å². The molecule has 26 heavy (non-hydrogen) atoms. The first-order chi connectivity index (χ1) is 11.9. The molecule has 0 bridgehead atoms. The molecule has 0 spiro atoms. The Kier molecular flexibility index (Phi) is 7.35. The van der Waals surface area contributed by atoms with Gasteiger partial charge in [0.05, 0.1) is 0 Å². The number of carbonyl (C=O) groups excluding carboxylic acids is 2. The highest BCUT2D eigenvalue weighted by Gasteiger charge is 2.26. The number of esters is 1. The molecule has 0 aromatic heterocycles. The summed E-state index contributed by atoms with van der Waals surface area (Å²) in [6.07, 6.45) is -2.27. The molecule has 8 heteroatoms. The van der Waals surface area contributed by atoms with Crippen molar-refractivity contribution in [2.75, 3.05) is 0 Å². The molecule has 0 saturated carbocycles. The second kappa shape index (κ2) is 8.82. The van der Waals surface area contributed by atoms with Gasteiger partial charge in [0.15, 0.2) is 11.6 Å². The fourth-order valence-electron chi connectivity index (χ4n) is 1.79. The van der Waals surface area contributed by atoms with Crippen molar-refractivity contribution < 1.29 is 32.6 Å². The molecule has 0 aliphatic rings. The number of nitrogens with one attached hydrogen (secondary N) is 1. The third-order valence-electron chi connectivity index (χ3n) is 3.26. The van der Waals surface area contributed by atoms with Gasteiger partial charge in [-0.25, -0.2) is 18.4 Å². The maximum absolute atomic E-state index is 13.6. The average molecular weight is 373 g/mol. The van der Waals surface area contributed by atoms with Crippen LogP contribution in [0.1, 0.15) is 41.5 Å². The lowest BCUT2D eigenvalue weighted by atomic mass is 10.2. The van der Waals surface area contributed by atoms with E-state index in [4.69, 9.17) is 14.2 Å². The highest BCUT2D eigenvalue weighted by Crippen LogP contribution is 2.20. The first-order valence-electron chi connectivity index (χ1n) is 8.20. The van der Waals surface area contributed by atoms with Crippen molar-refractivity contribution in [2.24, 2.45) is 0 Å². The Balaban J connectivity index is 2.57. The number of carbonyl (C=O) groups is 2. The van der Waals surface area contributed by atoms with Gasteiger partial charge in [-0.05, 0) is 53.7 Å². The number of benzene rings is 1. The number of ether oxygens (including phenoxy) is 3. The minimum atomic E-state index is -0.953. The van der Waals surface area contributed by atoms with E-state index in [-0.39, 0.29) is 5.75 Å². The Morgan fingerprint density at radius 2 is 1.69 bits per heavy atom. The Hall–Kier alpha value is -2.38. The zero-order chi connectivity index (χ0) is 20.1. The van der Waals surface area contributed by atoms with Crippen molar-refractivity contribution in [1.82, 2.24) is 5.32 Å². The molecule has 0 heterocycles. The monoisotopic (exact) mass is 373 g/mol. The van der Waals surface area contributed by atoms with Gasteiger partial charge in [-0.1, -0.05) is 0 Å². The predicted octanol–water partition coefficient (Wildman–Crippen LogP) is 3.58. The van der Waals surface area contributed by atoms with E-state index in [0.717, 1.165) is 18.2 Å². The van der Waals surface area contributed by atoms with E-state index in [0.29, 0.717) is 0 Å². The van der Waals surface area contributed by atoms with Crippen molar-refractivity contribution in [3.8, 4) is 5.75 Å². The molecule has 1 rings (SSSR count). The second-order valence-corrected chi connectivity index (χ2v) is 6.91. The molecule has 6 nitrogen and oxygen atoms in total. The molecule has 1 amide bonds. The minimum Gasteiger partial charge on any atom is -0.484 e. The van der Waals surface area contributed by atoms with E-state index in [1.54, 1.807) is 34.6 Å². The fraction of sp³-hybridized carbons (Fsp3) is 0.556. The summed E-state index contributed by atoms with van der Waals surface area (Å²) in [7, 11) is 0. The molecule has 0 radical (unpaired) electrons. The predicted molar refractivity (Wildman–Crippen MR) is 90.8 cm³/mol. The molecule has 0 unspecified atom stereocenters. The van der Waals surface area contributed by atoms with Crippen LogP contribution in [0.25, 0.3) is 0 Å². The quantitative estimate of drug-likeness (QED) is 0.772. The maximum atomic E-state index is 13.6. The highest BCUT2D eigenvalue weighted by molar-refractivity contribution is 5.81. The van der Waals surface area contributed by atoms with Gasteiger partial charge in [-0.15, -0.1) is 0 Å². The van der Waals surface area contributed by atoms with Crippen LogP contribution in [0.2, 0.25) is 0 Å². The summed E-state index contributed by atoms with van der Waals surface area (Å²) < 4.78 is 42.3. The molecule has 0 fully saturated rings. The Bertz CT molecular complexity index is 645. The Labute approximate surface area is 151 Å². The number of rotatable bonds is 6. The van der Waals surface area contributed by atoms with E-state index in [1.165, 1.54) is 6.92 Å². The second-order valence-electron chi connectivity index (χ2n) is 6.91. The summed E-state index contributed by atoms with van der Waals surface area (Å²) in [5.41, 5.74) is -0.696. The van der Waals surface area contributed by atoms with Gasteiger partial charge in [0, 0.05) is 6.07 Å². The lowest BCUT2D eigenvalue weighted by Gasteiger charge is -2.24. The van der Waals surface area contributed by atoms with Crippen molar-refractivity contribution in [3.63, 3.8) is 0 Å². The van der Waals surface area contributed by atoms with Crippen molar-refractivity contribution >= 4 is 12.1 Å². The number of amides is 1. The third kappa shape index (κ3) is 7.25. The summed E-state index contributed by atoms with van der Waals surface area (Å²) in [5, 5.41) is 2.36. The molecule has 0 saturated heterocycles. The van der Waals surface area contributed by atoms with Crippen LogP contribution < -0.4 is 10.1 Å². The summed E-state index contributed by atoms with van der Waals surface area (Å²) in [4.78, 5) is 23.7. The van der Waals surface area contributed by atoms with Gasteiger partial charge in [0.1, 0.15) is 29.7 Å². The Morgan fingerprint density at radius 3 is 2.27 bits per heavy atom. The summed E-state index contributed by atoms with van der Waals surface area (Å²) in [6, 6.07) is 1.87. The summed E-state index contributed by atoms with van der Waals surface area (Å²) in [5.74, 6) is -2.36. The molecule has 1 aromatic carbocycles. The van der Waals surface area contributed by atoms with Crippen LogP contribution in [-0.4, -0.2) is 35.9 Å². The molecular formula is C18H25F2NO5. The normalized spacial score (nSPS) is 14.8. The fourth-order valence-corrected chi connectivity index (χ4v) is 1.79. The summed E-state index contributed by atoms with van der Waals surface area (Å²) >= 11 is 0. The zero-order valence-electron chi connectivity index (χ0n) is 15.8. The van der Waals surface area contributed by atoms with E-state index in [1.807, 2.05) is 0 Å². The van der Waals surface area contributed by atoms with Crippen LogP contribution in [0.4, 0.5) is 13.6 Å². The largest absolute Gasteiger partial charge is 0.484 e. The highest BCUT2D eigenvalue weighted by atomic mass is 19.1. The number of hydrogen-bond donors (Lipinski definition) is 1. The van der Waals surface area contributed by atoms with E-state index in [2.05, 4.69) is 5.32 Å². The van der Waals surface area contributed by atoms with Crippen molar-refractivity contribution in [2.45, 2.75) is 65.4 Å². The molecule has 146 valence electrons. The smallest absolute Gasteiger partial charge is 0.408 e. The third-order valence-corrected chi connectivity index (χ3v) is 3.26. The van der Waals surface area contributed by atoms with E-state index >= 15 is 0 Å². The van der Waals surface area contributed by atoms with Crippen LogP contribution in [0, 0.1) is 11.6 Å². The van der Waals surface area contributed by atoms with Gasteiger partial charge in [0.2, 0.25) is 0 Å². The zero-order valence-corrected chi connectivity index (χ0v) is 15.8. The standard InChI is InChI=1S/C18H25F2NO5/c1-10(21-17(23)26-18(4,5)6)16(22)25-12(3)11(2)24-15-9-13(19)7-8-14(15)20/h7-12H,1-6H3,(H,21,23)/t10-,11+,12-/m0/s1. The molecular weight excluding hydrogens is 348 g/mol. The van der Waals surface area contributed by atoms with Crippen molar-refractivity contribution in [3.05, 3.63) is 29.8 Å². The Morgan fingerprint density at radius 1 is 1.08 bits per heavy atom. The minimum absolute atomic E-state index is 0.277. The van der Waals surface area contributed by atoms with Crippen LogP contribution in [0.3, 0.4) is 0 Å². The van der Waals surface area contributed by atoms with Crippen LogP contribution >= 0.6 is 0 Å². The molecule has 3 atom stereocenters. The van der Waals surface area contributed by atoms with Crippen LogP contribution in [0.5, 0.6) is 5.75 Å². The van der Waals surface area contributed by atoms with Gasteiger partial charge >= 0.3 is 12.1 Å². The average Bonchev–Trinajstić information content (AvgIpc) is 2.48. The molecule has 0 aliphatic carbocycles. The lowest BCUT2D eigenvalue weighted by molar-refractivity contribution is -0.154. The topological polar surface area (TPSA) is 73.9 Å². The van der Waals surface area contributed by atoms with Crippen molar-refractivity contribution in [1.29, 1.82) is 0 Å². The molecule has 1 N–H and O–H groups in total. The first kappa shape index (κ1) is 21.7. The van der Waals surface area contributed by atoms with Gasteiger partial charge < -0.3 is 19.5 Å². The first-order valence-corrected chi connectivity index (χ1v) is 8.20. The SMILES string of the molecule is C[C@H](NC(=O)OC(C)(C)C)C(=O)O[C@@H](C)[C@@H](C)Oc1cc(F)ccc1F. The maximum Gasteiger partial charge on any atom is 0.408 e. The summed E-state index contributed by atoms with van der Waals surface area (Å²) in [6.45, 7) is 9.62. The van der Waals surface area contributed by atoms with E-state index < -0.39 is 47.5 Å². The van der Waals surface area contributed by atoms with Gasteiger partial charge in [-0.3, -0.25) is 0 Å². The molecule has 1 aromatic rings. The molecule has 0 aliphatic heterocycles. The van der Waals surface area contributed by atoms with Gasteiger partial charge in [-0.2, -0.15) is 0 Å². The number of halogens is 2. The van der Waals surface area contributed by atoms with Crippen LogP contribution in [0.15, 0.2) is 18.2 Å². The van der Waals surface area contributed by atoms with Gasteiger partial charge in [0.25, 0.3) is 0 Å².